The summed E-state index contributed by atoms with van der Waals surface area (Å²) < 4.78 is 5.51. The molecule has 1 amide bonds. The first kappa shape index (κ1) is 14.4. The number of nitrogens with one attached hydrogen (secondary N) is 1. The van der Waals surface area contributed by atoms with Crippen LogP contribution in [0.15, 0.2) is 18.2 Å². The molecule has 1 saturated heterocycles. The van der Waals surface area contributed by atoms with Gasteiger partial charge in [0.25, 0.3) is 5.91 Å². The summed E-state index contributed by atoms with van der Waals surface area (Å²) in [6.07, 6.45) is 4.46. The fourth-order valence-electron chi connectivity index (χ4n) is 3.31. The smallest absolute Gasteiger partial charge is 0.255 e. The zero-order valence-corrected chi connectivity index (χ0v) is 12.7. The first-order valence-corrected chi connectivity index (χ1v) is 7.94. The number of amides is 1. The Balaban J connectivity index is 1.72. The van der Waals surface area contributed by atoms with Crippen LogP contribution in [-0.4, -0.2) is 44.2 Å². The van der Waals surface area contributed by atoms with E-state index in [1.165, 1.54) is 5.56 Å². The molecule has 114 valence electrons. The highest BCUT2D eigenvalue weighted by Crippen LogP contribution is 2.27. The van der Waals surface area contributed by atoms with Gasteiger partial charge in [-0.2, -0.15) is 0 Å². The third kappa shape index (κ3) is 3.21. The van der Waals surface area contributed by atoms with Crippen molar-refractivity contribution in [3.05, 3.63) is 29.3 Å². The van der Waals surface area contributed by atoms with Crippen molar-refractivity contribution in [2.24, 2.45) is 5.92 Å². The summed E-state index contributed by atoms with van der Waals surface area (Å²) in [7, 11) is 1.90. The van der Waals surface area contributed by atoms with E-state index in [-0.39, 0.29) is 5.91 Å². The Bertz CT molecular complexity index is 510. The highest BCUT2D eigenvalue weighted by molar-refractivity contribution is 6.00. The number of carbonyl (C=O) groups is 1. The van der Waals surface area contributed by atoms with Crippen molar-refractivity contribution in [3.8, 4) is 0 Å². The summed E-state index contributed by atoms with van der Waals surface area (Å²) in [5, 5.41) is 3.40. The molecule has 1 aromatic carbocycles. The minimum atomic E-state index is 0.117. The van der Waals surface area contributed by atoms with Crippen LogP contribution in [0, 0.1) is 5.92 Å². The SMILES string of the molecule is CN(CC1CCCOC1)C(=O)c1cccc2c1NCCC2. The van der Waals surface area contributed by atoms with Gasteiger partial charge in [-0.1, -0.05) is 12.1 Å². The standard InChI is InChI=1S/C17H24N2O2/c1-19(11-13-5-4-10-21-12-13)17(20)15-8-2-6-14-7-3-9-18-16(14)15/h2,6,8,13,18H,3-5,7,9-12H2,1H3. The van der Waals surface area contributed by atoms with Gasteiger partial charge in [0.2, 0.25) is 0 Å². The molecule has 2 heterocycles. The summed E-state index contributed by atoms with van der Waals surface area (Å²) in [4.78, 5) is 14.6. The lowest BCUT2D eigenvalue weighted by Crippen LogP contribution is -2.35. The van der Waals surface area contributed by atoms with Crippen LogP contribution in [0.1, 0.15) is 35.2 Å². The van der Waals surface area contributed by atoms with Crippen LogP contribution in [-0.2, 0) is 11.2 Å². The molecule has 0 saturated carbocycles. The number of nitrogens with zero attached hydrogens (tertiary/aromatic N) is 1. The van der Waals surface area contributed by atoms with Crippen LogP contribution in [0.5, 0.6) is 0 Å². The summed E-state index contributed by atoms with van der Waals surface area (Å²) >= 11 is 0. The van der Waals surface area contributed by atoms with E-state index in [1.54, 1.807) is 0 Å². The number of ether oxygens (including phenoxy) is 1. The highest BCUT2D eigenvalue weighted by atomic mass is 16.5. The Kier molecular flexibility index (Phi) is 4.44. The van der Waals surface area contributed by atoms with Crippen LogP contribution in [0.4, 0.5) is 5.69 Å². The van der Waals surface area contributed by atoms with Crippen molar-refractivity contribution < 1.29 is 9.53 Å². The molecule has 1 N–H and O–H groups in total. The normalized spacial score (nSPS) is 21.3. The van der Waals surface area contributed by atoms with Crippen LogP contribution < -0.4 is 5.32 Å². The molecule has 4 nitrogen and oxygen atoms in total. The average molecular weight is 288 g/mol. The number of hydrogen-bond donors (Lipinski definition) is 1. The van der Waals surface area contributed by atoms with E-state index < -0.39 is 0 Å². The van der Waals surface area contributed by atoms with Gasteiger partial charge in [0.15, 0.2) is 0 Å². The Morgan fingerprint density at radius 3 is 3.14 bits per heavy atom. The second-order valence-electron chi connectivity index (χ2n) is 6.14. The van der Waals surface area contributed by atoms with E-state index in [0.29, 0.717) is 5.92 Å². The van der Waals surface area contributed by atoms with E-state index >= 15 is 0 Å². The van der Waals surface area contributed by atoms with Crippen LogP contribution in [0.25, 0.3) is 0 Å². The summed E-state index contributed by atoms with van der Waals surface area (Å²) in [6.45, 7) is 3.38. The zero-order valence-electron chi connectivity index (χ0n) is 12.7. The number of carbonyl (C=O) groups excluding carboxylic acids is 1. The van der Waals surface area contributed by atoms with E-state index in [1.807, 2.05) is 24.1 Å². The maximum atomic E-state index is 12.7. The van der Waals surface area contributed by atoms with Crippen LogP contribution in [0.3, 0.4) is 0 Å². The summed E-state index contributed by atoms with van der Waals surface area (Å²) in [6, 6.07) is 6.05. The molecular weight excluding hydrogens is 264 g/mol. The first-order valence-electron chi connectivity index (χ1n) is 7.94. The molecule has 0 aromatic heterocycles. The molecule has 21 heavy (non-hydrogen) atoms. The van der Waals surface area contributed by atoms with Crippen molar-refractivity contribution >= 4 is 11.6 Å². The highest BCUT2D eigenvalue weighted by Gasteiger charge is 2.23. The first-order chi connectivity index (χ1) is 10.3. The summed E-state index contributed by atoms with van der Waals surface area (Å²) in [5.74, 6) is 0.590. The molecule has 0 radical (unpaired) electrons. The minimum absolute atomic E-state index is 0.117. The van der Waals surface area contributed by atoms with Gasteiger partial charge in [0.1, 0.15) is 0 Å². The van der Waals surface area contributed by atoms with Crippen LogP contribution in [0.2, 0.25) is 0 Å². The largest absolute Gasteiger partial charge is 0.384 e. The number of aryl methyl sites for hydroxylation is 1. The molecule has 1 unspecified atom stereocenters. The molecule has 0 spiro atoms. The number of rotatable bonds is 3. The lowest BCUT2D eigenvalue weighted by Gasteiger charge is -2.28. The Morgan fingerprint density at radius 2 is 2.33 bits per heavy atom. The number of benzene rings is 1. The molecule has 3 rings (SSSR count). The molecule has 2 aliphatic heterocycles. The zero-order chi connectivity index (χ0) is 14.7. The van der Waals surface area contributed by atoms with Crippen molar-refractivity contribution in [2.75, 3.05) is 38.7 Å². The maximum absolute atomic E-state index is 12.7. The predicted molar refractivity (Wildman–Crippen MR) is 83.8 cm³/mol. The fraction of sp³-hybridized carbons (Fsp3) is 0.588. The Labute approximate surface area is 126 Å². The topological polar surface area (TPSA) is 41.6 Å². The molecule has 0 aliphatic carbocycles. The molecule has 0 bridgehead atoms. The molecule has 1 atom stereocenters. The lowest BCUT2D eigenvalue weighted by molar-refractivity contribution is 0.0389. The third-order valence-electron chi connectivity index (χ3n) is 4.44. The van der Waals surface area contributed by atoms with Gasteiger partial charge in [-0.15, -0.1) is 0 Å². The second kappa shape index (κ2) is 6.48. The van der Waals surface area contributed by atoms with Gasteiger partial charge in [0, 0.05) is 26.7 Å². The monoisotopic (exact) mass is 288 g/mol. The van der Waals surface area contributed by atoms with Gasteiger partial charge in [0.05, 0.1) is 17.9 Å². The number of para-hydroxylation sites is 1. The van der Waals surface area contributed by atoms with E-state index in [9.17, 15) is 4.79 Å². The van der Waals surface area contributed by atoms with Gasteiger partial charge in [-0.25, -0.2) is 0 Å². The molecule has 2 aliphatic rings. The number of fused-ring (bicyclic) bond motifs is 1. The van der Waals surface area contributed by atoms with E-state index in [4.69, 9.17) is 4.74 Å². The van der Waals surface area contributed by atoms with Crippen molar-refractivity contribution in [2.45, 2.75) is 25.7 Å². The maximum Gasteiger partial charge on any atom is 0.255 e. The van der Waals surface area contributed by atoms with E-state index in [2.05, 4.69) is 11.4 Å². The Hall–Kier alpha value is -1.55. The van der Waals surface area contributed by atoms with Gasteiger partial charge < -0.3 is 15.0 Å². The van der Waals surface area contributed by atoms with Crippen molar-refractivity contribution in [1.82, 2.24) is 4.90 Å². The third-order valence-corrected chi connectivity index (χ3v) is 4.44. The lowest BCUT2D eigenvalue weighted by atomic mass is 9.98. The molecule has 1 aromatic rings. The van der Waals surface area contributed by atoms with Crippen molar-refractivity contribution in [3.63, 3.8) is 0 Å². The molecular formula is C17H24N2O2. The van der Waals surface area contributed by atoms with Gasteiger partial charge in [-0.05, 0) is 43.2 Å². The molecule has 4 heteroatoms. The molecule has 1 fully saturated rings. The predicted octanol–water partition coefficient (Wildman–Crippen LogP) is 2.54. The summed E-state index contributed by atoms with van der Waals surface area (Å²) in [5.41, 5.74) is 3.12. The van der Waals surface area contributed by atoms with Gasteiger partial charge >= 0.3 is 0 Å². The Morgan fingerprint density at radius 1 is 1.43 bits per heavy atom. The number of anilines is 1. The average Bonchev–Trinajstić information content (AvgIpc) is 2.54. The van der Waals surface area contributed by atoms with Crippen LogP contribution >= 0.6 is 0 Å². The second-order valence-corrected chi connectivity index (χ2v) is 6.14. The van der Waals surface area contributed by atoms with E-state index in [0.717, 1.165) is 63.2 Å². The van der Waals surface area contributed by atoms with Gasteiger partial charge in [-0.3, -0.25) is 4.79 Å². The minimum Gasteiger partial charge on any atom is -0.384 e. The fourth-order valence-corrected chi connectivity index (χ4v) is 3.31. The number of hydrogen-bond acceptors (Lipinski definition) is 3. The van der Waals surface area contributed by atoms with Crippen molar-refractivity contribution in [1.29, 1.82) is 0 Å². The quantitative estimate of drug-likeness (QED) is 0.929.